The van der Waals surface area contributed by atoms with Gasteiger partial charge in [-0.05, 0) is 35.4 Å². The number of hydrogen-bond donors (Lipinski definition) is 1. The molecule has 3 rings (SSSR count). The molecule has 0 bridgehead atoms. The lowest BCUT2D eigenvalue weighted by Gasteiger charge is -2.29. The summed E-state index contributed by atoms with van der Waals surface area (Å²) in [6, 6.07) is 12.9. The molecule has 0 spiro atoms. The lowest BCUT2D eigenvalue weighted by molar-refractivity contribution is -0.137. The van der Waals surface area contributed by atoms with Crippen LogP contribution in [0.2, 0.25) is 0 Å². The molecule has 1 N–H and O–H groups in total. The van der Waals surface area contributed by atoms with Gasteiger partial charge in [-0.1, -0.05) is 18.2 Å². The summed E-state index contributed by atoms with van der Waals surface area (Å²) in [6.07, 6.45) is -4.54. The van der Waals surface area contributed by atoms with Gasteiger partial charge in [-0.25, -0.2) is 0 Å². The molecule has 1 saturated heterocycles. The normalized spacial score (nSPS) is 15.2. The molecule has 2 aromatic rings. The average Bonchev–Trinajstić information content (AvgIpc) is 2.61. The Morgan fingerprint density at radius 1 is 0.958 bits per heavy atom. The molecule has 24 heavy (non-hydrogen) atoms. The number of rotatable bonds is 2. The fraction of sp³-hybridized carbons (Fsp3) is 0.278. The van der Waals surface area contributed by atoms with Crippen LogP contribution < -0.4 is 10.2 Å². The van der Waals surface area contributed by atoms with Crippen LogP contribution >= 0.6 is 0 Å². The zero-order chi connectivity index (χ0) is 17.2. The van der Waals surface area contributed by atoms with Crippen molar-refractivity contribution in [1.29, 1.82) is 5.26 Å². The minimum absolute atomic E-state index is 0.358. The summed E-state index contributed by atoms with van der Waals surface area (Å²) >= 11 is 0. The second kappa shape index (κ2) is 6.54. The molecular weight excluding hydrogens is 315 g/mol. The molecule has 1 aliphatic heterocycles. The third kappa shape index (κ3) is 3.36. The third-order valence-corrected chi connectivity index (χ3v) is 4.13. The van der Waals surface area contributed by atoms with Crippen LogP contribution in [0, 0.1) is 11.3 Å². The summed E-state index contributed by atoms with van der Waals surface area (Å²) in [5.74, 6) is 0. The fourth-order valence-electron chi connectivity index (χ4n) is 2.84. The van der Waals surface area contributed by atoms with Crippen molar-refractivity contribution in [3.05, 3.63) is 53.6 Å². The van der Waals surface area contributed by atoms with Crippen molar-refractivity contribution in [2.45, 2.75) is 6.18 Å². The van der Waals surface area contributed by atoms with Crippen LogP contribution in [0.5, 0.6) is 0 Å². The third-order valence-electron chi connectivity index (χ3n) is 4.13. The molecule has 0 amide bonds. The van der Waals surface area contributed by atoms with Gasteiger partial charge in [0, 0.05) is 31.9 Å². The Kier molecular flexibility index (Phi) is 4.45. The summed E-state index contributed by atoms with van der Waals surface area (Å²) < 4.78 is 39.2. The Morgan fingerprint density at radius 3 is 2.17 bits per heavy atom. The Hall–Kier alpha value is -2.52. The van der Waals surface area contributed by atoms with Crippen LogP contribution in [0.1, 0.15) is 11.1 Å². The van der Waals surface area contributed by atoms with Crippen molar-refractivity contribution >= 4 is 5.69 Å². The van der Waals surface area contributed by atoms with E-state index in [2.05, 4.69) is 10.2 Å². The van der Waals surface area contributed by atoms with Gasteiger partial charge in [0.1, 0.15) is 0 Å². The Labute approximate surface area is 138 Å². The first-order valence-electron chi connectivity index (χ1n) is 7.66. The van der Waals surface area contributed by atoms with Gasteiger partial charge in [0.25, 0.3) is 0 Å². The number of benzene rings is 2. The van der Waals surface area contributed by atoms with Crippen LogP contribution in [-0.2, 0) is 6.18 Å². The highest BCUT2D eigenvalue weighted by atomic mass is 19.4. The van der Waals surface area contributed by atoms with E-state index in [0.717, 1.165) is 37.9 Å². The van der Waals surface area contributed by atoms with Gasteiger partial charge >= 0.3 is 6.18 Å². The quantitative estimate of drug-likeness (QED) is 0.913. The minimum atomic E-state index is -4.54. The standard InChI is InChI=1S/C18H16F3N3/c19-18(20,21)17-11-14(1-2-15(17)12-22)13-3-5-16(6-4-13)24-9-7-23-8-10-24/h1-6,11,23H,7-10H2. The van der Waals surface area contributed by atoms with Gasteiger partial charge in [0.15, 0.2) is 0 Å². The van der Waals surface area contributed by atoms with Crippen LogP contribution in [0.15, 0.2) is 42.5 Å². The number of nitrogens with one attached hydrogen (secondary N) is 1. The Balaban J connectivity index is 1.90. The topological polar surface area (TPSA) is 39.1 Å². The Bertz CT molecular complexity index is 755. The highest BCUT2D eigenvalue weighted by Gasteiger charge is 2.33. The van der Waals surface area contributed by atoms with Crippen molar-refractivity contribution in [3.63, 3.8) is 0 Å². The van der Waals surface area contributed by atoms with E-state index in [1.807, 2.05) is 24.3 Å². The van der Waals surface area contributed by atoms with Crippen molar-refractivity contribution < 1.29 is 13.2 Å². The minimum Gasteiger partial charge on any atom is -0.369 e. The van der Waals surface area contributed by atoms with Gasteiger partial charge < -0.3 is 10.2 Å². The van der Waals surface area contributed by atoms with Crippen LogP contribution in [0.4, 0.5) is 18.9 Å². The first-order chi connectivity index (χ1) is 11.5. The summed E-state index contributed by atoms with van der Waals surface area (Å²) in [5, 5.41) is 12.1. The number of anilines is 1. The molecule has 0 unspecified atom stereocenters. The van der Waals surface area contributed by atoms with E-state index in [4.69, 9.17) is 5.26 Å². The summed E-state index contributed by atoms with van der Waals surface area (Å²) in [5.41, 5.74) is 0.958. The van der Waals surface area contributed by atoms with Crippen molar-refractivity contribution in [2.24, 2.45) is 0 Å². The predicted octanol–water partition coefficient (Wildman–Crippen LogP) is 3.65. The largest absolute Gasteiger partial charge is 0.417 e. The van der Waals surface area contributed by atoms with Crippen LogP contribution in [-0.4, -0.2) is 26.2 Å². The molecule has 6 heteroatoms. The number of alkyl halides is 3. The number of hydrogen-bond acceptors (Lipinski definition) is 3. The molecule has 0 atom stereocenters. The highest BCUT2D eigenvalue weighted by Crippen LogP contribution is 2.35. The van der Waals surface area contributed by atoms with E-state index in [1.165, 1.54) is 6.07 Å². The molecule has 1 fully saturated rings. The number of halogens is 3. The van der Waals surface area contributed by atoms with Gasteiger partial charge in [-0.15, -0.1) is 0 Å². The van der Waals surface area contributed by atoms with E-state index < -0.39 is 11.7 Å². The number of nitrogens with zero attached hydrogens (tertiary/aromatic N) is 2. The SMILES string of the molecule is N#Cc1ccc(-c2ccc(N3CCNCC3)cc2)cc1C(F)(F)F. The van der Waals surface area contributed by atoms with E-state index in [9.17, 15) is 13.2 Å². The first-order valence-corrected chi connectivity index (χ1v) is 7.66. The highest BCUT2D eigenvalue weighted by molar-refractivity contribution is 5.68. The number of piperazine rings is 1. The molecule has 1 heterocycles. The van der Waals surface area contributed by atoms with Crippen molar-refractivity contribution in [1.82, 2.24) is 5.32 Å². The zero-order valence-corrected chi connectivity index (χ0v) is 12.9. The smallest absolute Gasteiger partial charge is 0.369 e. The van der Waals surface area contributed by atoms with E-state index in [1.54, 1.807) is 12.1 Å². The van der Waals surface area contributed by atoms with Crippen molar-refractivity contribution in [2.75, 3.05) is 31.1 Å². The lowest BCUT2D eigenvalue weighted by atomic mass is 9.99. The molecule has 2 aromatic carbocycles. The average molecular weight is 331 g/mol. The summed E-state index contributed by atoms with van der Waals surface area (Å²) in [4.78, 5) is 2.24. The molecule has 124 valence electrons. The maximum atomic E-state index is 13.1. The fourth-order valence-corrected chi connectivity index (χ4v) is 2.84. The lowest BCUT2D eigenvalue weighted by Crippen LogP contribution is -2.43. The summed E-state index contributed by atoms with van der Waals surface area (Å²) in [6.45, 7) is 3.67. The van der Waals surface area contributed by atoms with Gasteiger partial charge in [0.05, 0.1) is 17.2 Å². The maximum Gasteiger partial charge on any atom is 0.417 e. The maximum absolute atomic E-state index is 13.1. The van der Waals surface area contributed by atoms with E-state index >= 15 is 0 Å². The van der Waals surface area contributed by atoms with Crippen LogP contribution in [0.3, 0.4) is 0 Å². The van der Waals surface area contributed by atoms with E-state index in [-0.39, 0.29) is 5.56 Å². The molecule has 0 radical (unpaired) electrons. The number of nitriles is 1. The molecule has 0 aromatic heterocycles. The molecule has 0 saturated carbocycles. The Morgan fingerprint density at radius 2 is 1.58 bits per heavy atom. The van der Waals surface area contributed by atoms with Crippen molar-refractivity contribution in [3.8, 4) is 17.2 Å². The molecule has 3 nitrogen and oxygen atoms in total. The van der Waals surface area contributed by atoms with Crippen LogP contribution in [0.25, 0.3) is 11.1 Å². The monoisotopic (exact) mass is 331 g/mol. The van der Waals surface area contributed by atoms with E-state index in [0.29, 0.717) is 11.1 Å². The molecular formula is C18H16F3N3. The second-order valence-electron chi connectivity index (χ2n) is 5.65. The van der Waals surface area contributed by atoms with Gasteiger partial charge in [0.2, 0.25) is 0 Å². The van der Waals surface area contributed by atoms with Gasteiger partial charge in [-0.2, -0.15) is 18.4 Å². The second-order valence-corrected chi connectivity index (χ2v) is 5.65. The zero-order valence-electron chi connectivity index (χ0n) is 12.9. The summed E-state index contributed by atoms with van der Waals surface area (Å²) in [7, 11) is 0. The van der Waals surface area contributed by atoms with Gasteiger partial charge in [-0.3, -0.25) is 0 Å². The first kappa shape index (κ1) is 16.3. The molecule has 1 aliphatic rings. The predicted molar refractivity (Wildman–Crippen MR) is 86.7 cm³/mol. The molecule has 0 aliphatic carbocycles.